The topological polar surface area (TPSA) is 70.4 Å². The number of rotatable bonds is 5. The summed E-state index contributed by atoms with van der Waals surface area (Å²) >= 11 is 0. The van der Waals surface area contributed by atoms with Crippen LogP contribution < -0.4 is 15.5 Å². The van der Waals surface area contributed by atoms with Crippen molar-refractivity contribution in [3.8, 4) is 0 Å². The first-order chi connectivity index (χ1) is 12.6. The van der Waals surface area contributed by atoms with E-state index in [9.17, 15) is 8.78 Å². The molecule has 1 aliphatic rings. The Hall–Kier alpha value is -2.71. The SMILES string of the molecule is CCNC(=NCc1nncn1C)NC1CCN(c2c(F)cccc2F)C1. The molecular weight excluding hydrogens is 340 g/mol. The van der Waals surface area contributed by atoms with Crippen LogP contribution in [-0.2, 0) is 13.6 Å². The van der Waals surface area contributed by atoms with Crippen molar-refractivity contribution in [2.45, 2.75) is 25.9 Å². The summed E-state index contributed by atoms with van der Waals surface area (Å²) in [5.41, 5.74) is 0.0397. The molecule has 1 aromatic heterocycles. The highest BCUT2D eigenvalue weighted by atomic mass is 19.1. The minimum atomic E-state index is -0.534. The smallest absolute Gasteiger partial charge is 0.191 e. The van der Waals surface area contributed by atoms with E-state index in [1.807, 2.05) is 18.5 Å². The van der Waals surface area contributed by atoms with Gasteiger partial charge in [-0.2, -0.15) is 0 Å². The molecule has 0 bridgehead atoms. The van der Waals surface area contributed by atoms with Crippen LogP contribution in [0.2, 0.25) is 0 Å². The first kappa shape index (κ1) is 18.1. The molecule has 7 nitrogen and oxygen atoms in total. The lowest BCUT2D eigenvalue weighted by Gasteiger charge is -2.21. The van der Waals surface area contributed by atoms with E-state index in [0.717, 1.165) is 12.2 Å². The molecule has 0 amide bonds. The standard InChI is InChI=1S/C17H23F2N7/c1-3-20-17(21-9-15-24-22-11-25(15)2)23-12-7-8-26(10-12)16-13(18)5-4-6-14(16)19/h4-6,11-12H,3,7-10H2,1-2H3,(H2,20,21,23). The van der Waals surface area contributed by atoms with E-state index in [1.165, 1.54) is 18.2 Å². The highest BCUT2D eigenvalue weighted by molar-refractivity contribution is 5.80. The monoisotopic (exact) mass is 363 g/mol. The van der Waals surface area contributed by atoms with Crippen LogP contribution >= 0.6 is 0 Å². The number of aryl methyl sites for hydroxylation is 1. The molecule has 1 fully saturated rings. The van der Waals surface area contributed by atoms with Gasteiger partial charge in [0, 0.05) is 32.7 Å². The lowest BCUT2D eigenvalue weighted by atomic mass is 10.2. The Kier molecular flexibility index (Phi) is 5.65. The van der Waals surface area contributed by atoms with Gasteiger partial charge in [0.1, 0.15) is 30.2 Å². The lowest BCUT2D eigenvalue weighted by molar-refractivity contribution is 0.576. The lowest BCUT2D eigenvalue weighted by Crippen LogP contribution is -2.44. The summed E-state index contributed by atoms with van der Waals surface area (Å²) in [4.78, 5) is 6.25. The second-order valence-corrected chi connectivity index (χ2v) is 6.20. The van der Waals surface area contributed by atoms with Crippen LogP contribution in [0, 0.1) is 11.6 Å². The minimum absolute atomic E-state index is 0.0397. The van der Waals surface area contributed by atoms with E-state index >= 15 is 0 Å². The Bertz CT molecular complexity index is 754. The Morgan fingerprint density at radius 1 is 1.35 bits per heavy atom. The quantitative estimate of drug-likeness (QED) is 0.621. The Labute approximate surface area is 151 Å². The molecule has 3 rings (SSSR count). The third-order valence-corrected chi connectivity index (χ3v) is 4.31. The number of anilines is 1. The number of nitrogens with zero attached hydrogens (tertiary/aromatic N) is 5. The van der Waals surface area contributed by atoms with Gasteiger partial charge >= 0.3 is 0 Å². The maximum Gasteiger partial charge on any atom is 0.191 e. The maximum absolute atomic E-state index is 14.0. The van der Waals surface area contributed by atoms with Gasteiger partial charge in [0.25, 0.3) is 0 Å². The van der Waals surface area contributed by atoms with Crippen molar-refractivity contribution in [3.05, 3.63) is 42.0 Å². The molecule has 1 unspecified atom stereocenters. The number of halogens is 2. The highest BCUT2D eigenvalue weighted by Crippen LogP contribution is 2.26. The number of aliphatic imine (C=N–C) groups is 1. The van der Waals surface area contributed by atoms with Crippen LogP contribution in [0.15, 0.2) is 29.5 Å². The van der Waals surface area contributed by atoms with Gasteiger partial charge in [-0.1, -0.05) is 6.07 Å². The van der Waals surface area contributed by atoms with Gasteiger partial charge in [0.05, 0.1) is 0 Å². The summed E-state index contributed by atoms with van der Waals surface area (Å²) in [7, 11) is 1.86. The average molecular weight is 363 g/mol. The Morgan fingerprint density at radius 2 is 2.12 bits per heavy atom. The molecule has 9 heteroatoms. The van der Waals surface area contributed by atoms with E-state index in [1.54, 1.807) is 11.2 Å². The van der Waals surface area contributed by atoms with Gasteiger partial charge in [0.15, 0.2) is 11.8 Å². The van der Waals surface area contributed by atoms with Crippen molar-refractivity contribution < 1.29 is 8.78 Å². The van der Waals surface area contributed by atoms with E-state index in [4.69, 9.17) is 0 Å². The average Bonchev–Trinajstić information content (AvgIpc) is 3.22. The molecule has 1 aromatic carbocycles. The van der Waals surface area contributed by atoms with Gasteiger partial charge in [-0.3, -0.25) is 0 Å². The van der Waals surface area contributed by atoms with E-state index < -0.39 is 11.6 Å². The number of hydrogen-bond donors (Lipinski definition) is 2. The fraction of sp³-hybridized carbons (Fsp3) is 0.471. The van der Waals surface area contributed by atoms with Gasteiger partial charge in [-0.05, 0) is 25.5 Å². The summed E-state index contributed by atoms with van der Waals surface area (Å²) in [6, 6.07) is 3.99. The normalized spacial score (nSPS) is 17.6. The van der Waals surface area contributed by atoms with Gasteiger partial charge in [0.2, 0.25) is 0 Å². The van der Waals surface area contributed by atoms with E-state index in [-0.39, 0.29) is 11.7 Å². The number of guanidine groups is 1. The second-order valence-electron chi connectivity index (χ2n) is 6.20. The van der Waals surface area contributed by atoms with Crippen LogP contribution in [0.1, 0.15) is 19.2 Å². The summed E-state index contributed by atoms with van der Waals surface area (Å²) in [6.45, 7) is 4.17. The molecule has 2 N–H and O–H groups in total. The van der Waals surface area contributed by atoms with Crippen molar-refractivity contribution in [1.82, 2.24) is 25.4 Å². The second kappa shape index (κ2) is 8.11. The molecule has 0 aliphatic carbocycles. The zero-order valence-electron chi connectivity index (χ0n) is 14.9. The summed E-state index contributed by atoms with van der Waals surface area (Å²) < 4.78 is 29.8. The van der Waals surface area contributed by atoms with Crippen molar-refractivity contribution in [1.29, 1.82) is 0 Å². The zero-order chi connectivity index (χ0) is 18.5. The molecule has 26 heavy (non-hydrogen) atoms. The number of benzene rings is 1. The first-order valence-electron chi connectivity index (χ1n) is 8.65. The molecule has 0 saturated carbocycles. The fourth-order valence-electron chi connectivity index (χ4n) is 2.99. The first-order valence-corrected chi connectivity index (χ1v) is 8.65. The van der Waals surface area contributed by atoms with Crippen molar-refractivity contribution in [2.75, 3.05) is 24.5 Å². The Morgan fingerprint density at radius 3 is 2.77 bits per heavy atom. The van der Waals surface area contributed by atoms with Gasteiger partial charge in [-0.25, -0.2) is 13.8 Å². The van der Waals surface area contributed by atoms with Gasteiger partial charge in [-0.15, -0.1) is 10.2 Å². The molecular formula is C17H23F2N7. The van der Waals surface area contributed by atoms with Crippen molar-refractivity contribution in [3.63, 3.8) is 0 Å². The van der Waals surface area contributed by atoms with Crippen LogP contribution in [0.3, 0.4) is 0 Å². The van der Waals surface area contributed by atoms with Gasteiger partial charge < -0.3 is 20.1 Å². The third kappa shape index (κ3) is 4.09. The Balaban J connectivity index is 1.64. The van der Waals surface area contributed by atoms with Crippen LogP contribution in [0.5, 0.6) is 0 Å². The molecule has 0 radical (unpaired) electrons. The number of hydrogen-bond acceptors (Lipinski definition) is 4. The van der Waals surface area contributed by atoms with E-state index in [0.29, 0.717) is 32.1 Å². The molecule has 2 heterocycles. The maximum atomic E-state index is 14.0. The zero-order valence-corrected chi connectivity index (χ0v) is 14.9. The van der Waals surface area contributed by atoms with Crippen LogP contribution in [-0.4, -0.2) is 46.4 Å². The minimum Gasteiger partial charge on any atom is -0.365 e. The van der Waals surface area contributed by atoms with Crippen molar-refractivity contribution >= 4 is 11.6 Å². The molecule has 1 saturated heterocycles. The highest BCUT2D eigenvalue weighted by Gasteiger charge is 2.27. The predicted molar refractivity (Wildman–Crippen MR) is 95.9 cm³/mol. The van der Waals surface area contributed by atoms with Crippen LogP contribution in [0.4, 0.5) is 14.5 Å². The third-order valence-electron chi connectivity index (χ3n) is 4.31. The van der Waals surface area contributed by atoms with Crippen molar-refractivity contribution in [2.24, 2.45) is 12.0 Å². The molecule has 1 atom stereocenters. The predicted octanol–water partition coefficient (Wildman–Crippen LogP) is 1.43. The van der Waals surface area contributed by atoms with E-state index in [2.05, 4.69) is 25.8 Å². The van der Waals surface area contributed by atoms with Crippen LogP contribution in [0.25, 0.3) is 0 Å². The molecule has 140 valence electrons. The molecule has 0 spiro atoms. The summed E-state index contributed by atoms with van der Waals surface area (Å²) in [5.74, 6) is 0.335. The number of nitrogens with one attached hydrogen (secondary N) is 2. The number of aromatic nitrogens is 3. The molecule has 2 aromatic rings. The fourth-order valence-corrected chi connectivity index (χ4v) is 2.99. The summed E-state index contributed by atoms with van der Waals surface area (Å²) in [6.07, 6.45) is 2.39. The summed E-state index contributed by atoms with van der Waals surface area (Å²) in [5, 5.41) is 14.4. The number of para-hydroxylation sites is 1. The largest absolute Gasteiger partial charge is 0.365 e. The molecule has 1 aliphatic heterocycles.